The van der Waals surface area contributed by atoms with E-state index in [1.54, 1.807) is 12.1 Å². The number of fused-ring (bicyclic) bond motifs is 1. The molecule has 37 heavy (non-hydrogen) atoms. The quantitative estimate of drug-likeness (QED) is 0.261. The van der Waals surface area contributed by atoms with Gasteiger partial charge in [0.25, 0.3) is 0 Å². The first kappa shape index (κ1) is 23.0. The molecular formula is C32H28N2O3. The van der Waals surface area contributed by atoms with Gasteiger partial charge >= 0.3 is 5.97 Å². The Morgan fingerprint density at radius 1 is 0.757 bits per heavy atom. The third-order valence-electron chi connectivity index (χ3n) is 7.17. The number of carboxylic acid groups (broad SMARTS) is 1. The van der Waals surface area contributed by atoms with Crippen molar-refractivity contribution >= 4 is 17.0 Å². The number of ether oxygens (including phenoxy) is 1. The van der Waals surface area contributed by atoms with Crippen LogP contribution in [0.15, 0.2) is 97.1 Å². The van der Waals surface area contributed by atoms with Gasteiger partial charge in [0.1, 0.15) is 17.3 Å². The summed E-state index contributed by atoms with van der Waals surface area (Å²) < 4.78 is 8.51. The van der Waals surface area contributed by atoms with Crippen molar-refractivity contribution in [1.82, 2.24) is 9.55 Å². The molecule has 6 rings (SSSR count). The maximum absolute atomic E-state index is 11.5. The summed E-state index contributed by atoms with van der Waals surface area (Å²) in [7, 11) is 0. The van der Waals surface area contributed by atoms with Crippen LogP contribution in [0, 0.1) is 0 Å². The molecule has 1 fully saturated rings. The molecule has 1 N–H and O–H groups in total. The Balaban J connectivity index is 1.32. The lowest BCUT2D eigenvalue weighted by molar-refractivity contribution is 0.0697. The van der Waals surface area contributed by atoms with Crippen LogP contribution in [0.25, 0.3) is 33.5 Å². The molecule has 184 valence electrons. The molecule has 0 unspecified atom stereocenters. The summed E-state index contributed by atoms with van der Waals surface area (Å²) in [6, 6.07) is 32.0. The van der Waals surface area contributed by atoms with Gasteiger partial charge in [-0.1, -0.05) is 61.7 Å². The highest BCUT2D eigenvalue weighted by atomic mass is 16.5. The van der Waals surface area contributed by atoms with E-state index >= 15 is 0 Å². The van der Waals surface area contributed by atoms with Crippen LogP contribution >= 0.6 is 0 Å². The highest BCUT2D eigenvalue weighted by Crippen LogP contribution is 2.37. The molecule has 5 aromatic rings. The van der Waals surface area contributed by atoms with Crippen molar-refractivity contribution in [2.24, 2.45) is 0 Å². The van der Waals surface area contributed by atoms with Crippen LogP contribution in [0.2, 0.25) is 0 Å². The first-order valence-electron chi connectivity index (χ1n) is 12.8. The van der Waals surface area contributed by atoms with Crippen molar-refractivity contribution in [3.8, 4) is 34.0 Å². The highest BCUT2D eigenvalue weighted by molar-refractivity contribution is 5.93. The van der Waals surface area contributed by atoms with Crippen LogP contribution in [-0.2, 0) is 0 Å². The number of nitrogens with zero attached hydrogens (tertiary/aromatic N) is 2. The molecule has 0 saturated heterocycles. The summed E-state index contributed by atoms with van der Waals surface area (Å²) in [5.41, 5.74) is 5.22. The molecule has 4 aromatic carbocycles. The lowest BCUT2D eigenvalue weighted by atomic mass is 9.95. The van der Waals surface area contributed by atoms with Crippen LogP contribution in [0.3, 0.4) is 0 Å². The predicted octanol–water partition coefficient (Wildman–Crippen LogP) is 8.37. The number of rotatable bonds is 6. The van der Waals surface area contributed by atoms with Gasteiger partial charge in [0.05, 0.1) is 16.6 Å². The summed E-state index contributed by atoms with van der Waals surface area (Å²) in [6.45, 7) is 0. The standard InChI is InChI=1S/C32H28N2O3/c35-32(36)25-16-19-30-29(21-25)33-31(34(30)26-11-5-2-6-12-26)23-14-17-27(18-15-23)37-28-13-7-10-24(20-28)22-8-3-1-4-9-22/h1,3-4,7-10,13-21,26H,2,5-6,11-12H2,(H,35,36). The number of benzene rings is 4. The van der Waals surface area contributed by atoms with E-state index in [0.29, 0.717) is 6.04 Å². The summed E-state index contributed by atoms with van der Waals surface area (Å²) in [5, 5.41) is 9.47. The zero-order valence-corrected chi connectivity index (χ0v) is 20.5. The topological polar surface area (TPSA) is 64.3 Å². The minimum Gasteiger partial charge on any atom is -0.478 e. The van der Waals surface area contributed by atoms with E-state index < -0.39 is 5.97 Å². The van der Waals surface area contributed by atoms with Gasteiger partial charge in [0.15, 0.2) is 0 Å². The molecule has 5 nitrogen and oxygen atoms in total. The molecule has 0 spiro atoms. The third kappa shape index (κ3) is 4.73. The van der Waals surface area contributed by atoms with Crippen molar-refractivity contribution in [3.63, 3.8) is 0 Å². The van der Waals surface area contributed by atoms with Gasteiger partial charge in [-0.2, -0.15) is 0 Å². The van der Waals surface area contributed by atoms with Gasteiger partial charge in [-0.15, -0.1) is 0 Å². The van der Waals surface area contributed by atoms with E-state index in [-0.39, 0.29) is 5.56 Å². The van der Waals surface area contributed by atoms with Gasteiger partial charge in [-0.3, -0.25) is 0 Å². The van der Waals surface area contributed by atoms with E-state index in [1.807, 2.05) is 66.7 Å². The zero-order valence-electron chi connectivity index (χ0n) is 20.5. The Morgan fingerprint density at radius 3 is 2.27 bits per heavy atom. The van der Waals surface area contributed by atoms with Crippen molar-refractivity contribution in [3.05, 3.63) is 103 Å². The summed E-state index contributed by atoms with van der Waals surface area (Å²) in [5.74, 6) is 1.47. The maximum atomic E-state index is 11.5. The number of hydrogen-bond donors (Lipinski definition) is 1. The SMILES string of the molecule is O=C(O)c1ccc2c(c1)nc(-c1ccc(Oc3cccc(-c4ccccc4)c3)cc1)n2C1CCCCC1. The second kappa shape index (κ2) is 9.94. The molecule has 0 bridgehead atoms. The minimum absolute atomic E-state index is 0.258. The fraction of sp³-hybridized carbons (Fsp3) is 0.188. The molecule has 1 aliphatic carbocycles. The largest absolute Gasteiger partial charge is 0.478 e. The Bertz CT molecular complexity index is 1550. The number of imidazole rings is 1. The van der Waals surface area contributed by atoms with Gasteiger partial charge < -0.3 is 14.4 Å². The summed E-state index contributed by atoms with van der Waals surface area (Å²) in [4.78, 5) is 16.5. The van der Waals surface area contributed by atoms with Crippen LogP contribution in [0.1, 0.15) is 48.5 Å². The van der Waals surface area contributed by atoms with Crippen LogP contribution < -0.4 is 4.74 Å². The number of carbonyl (C=O) groups is 1. The molecule has 5 heteroatoms. The number of aromatic carboxylic acids is 1. The van der Waals surface area contributed by atoms with Gasteiger partial charge in [-0.05, 0) is 78.6 Å². The molecule has 1 saturated carbocycles. The van der Waals surface area contributed by atoms with E-state index in [2.05, 4.69) is 22.8 Å². The zero-order chi connectivity index (χ0) is 25.2. The van der Waals surface area contributed by atoms with Crippen molar-refractivity contribution in [2.75, 3.05) is 0 Å². The van der Waals surface area contributed by atoms with Crippen LogP contribution in [0.4, 0.5) is 0 Å². The molecule has 0 atom stereocenters. The maximum Gasteiger partial charge on any atom is 0.335 e. The van der Waals surface area contributed by atoms with Gasteiger partial charge in [0.2, 0.25) is 0 Å². The van der Waals surface area contributed by atoms with E-state index in [1.165, 1.54) is 19.3 Å². The summed E-state index contributed by atoms with van der Waals surface area (Å²) >= 11 is 0. The van der Waals surface area contributed by atoms with Crippen LogP contribution in [0.5, 0.6) is 11.5 Å². The van der Waals surface area contributed by atoms with Gasteiger partial charge in [0, 0.05) is 11.6 Å². The summed E-state index contributed by atoms with van der Waals surface area (Å²) in [6.07, 6.45) is 5.88. The Kier molecular flexibility index (Phi) is 6.19. The molecule has 1 heterocycles. The third-order valence-corrected chi connectivity index (χ3v) is 7.17. The lowest BCUT2D eigenvalue weighted by Crippen LogP contribution is -2.14. The second-order valence-electron chi connectivity index (χ2n) is 9.63. The molecule has 0 amide bonds. The number of carboxylic acids is 1. The first-order chi connectivity index (χ1) is 18.2. The normalized spacial score (nSPS) is 14.1. The average molecular weight is 489 g/mol. The Labute approximate surface area is 216 Å². The minimum atomic E-state index is -0.937. The Morgan fingerprint density at radius 2 is 1.51 bits per heavy atom. The monoisotopic (exact) mass is 488 g/mol. The predicted molar refractivity (Wildman–Crippen MR) is 146 cm³/mol. The lowest BCUT2D eigenvalue weighted by Gasteiger charge is -2.25. The molecule has 0 aliphatic heterocycles. The van der Waals surface area contributed by atoms with Crippen molar-refractivity contribution < 1.29 is 14.6 Å². The van der Waals surface area contributed by atoms with E-state index in [0.717, 1.165) is 57.9 Å². The van der Waals surface area contributed by atoms with Crippen molar-refractivity contribution in [1.29, 1.82) is 0 Å². The molecular weight excluding hydrogens is 460 g/mol. The molecule has 1 aliphatic rings. The van der Waals surface area contributed by atoms with E-state index in [9.17, 15) is 9.90 Å². The Hall–Kier alpha value is -4.38. The van der Waals surface area contributed by atoms with Gasteiger partial charge in [-0.25, -0.2) is 9.78 Å². The first-order valence-corrected chi connectivity index (χ1v) is 12.8. The fourth-order valence-corrected chi connectivity index (χ4v) is 5.32. The number of hydrogen-bond acceptors (Lipinski definition) is 3. The van der Waals surface area contributed by atoms with Crippen LogP contribution in [-0.4, -0.2) is 20.6 Å². The number of aromatic nitrogens is 2. The second-order valence-corrected chi connectivity index (χ2v) is 9.63. The van der Waals surface area contributed by atoms with E-state index in [4.69, 9.17) is 9.72 Å². The average Bonchev–Trinajstić information content (AvgIpc) is 3.33. The molecule has 1 aromatic heterocycles. The van der Waals surface area contributed by atoms with Crippen molar-refractivity contribution in [2.45, 2.75) is 38.1 Å². The fourth-order valence-electron chi connectivity index (χ4n) is 5.32. The smallest absolute Gasteiger partial charge is 0.335 e. The molecule has 0 radical (unpaired) electrons. The highest BCUT2D eigenvalue weighted by Gasteiger charge is 2.23.